The Balaban J connectivity index is 1.83. The smallest absolute Gasteiger partial charge is 0.260 e. The Bertz CT molecular complexity index is 803. The zero-order valence-corrected chi connectivity index (χ0v) is 14.7. The molecule has 0 unspecified atom stereocenters. The molecule has 0 radical (unpaired) electrons. The lowest BCUT2D eigenvalue weighted by Gasteiger charge is -2.17. The second-order valence-electron chi connectivity index (χ2n) is 5.84. The maximum atomic E-state index is 12.1. The van der Waals surface area contributed by atoms with Gasteiger partial charge in [-0.15, -0.1) is 0 Å². The molecule has 0 aliphatic heterocycles. The summed E-state index contributed by atoms with van der Waals surface area (Å²) in [6.45, 7) is 1.60. The summed E-state index contributed by atoms with van der Waals surface area (Å²) in [6.07, 6.45) is 0. The van der Waals surface area contributed by atoms with Crippen molar-refractivity contribution in [3.05, 3.63) is 59.7 Å². The fourth-order valence-electron chi connectivity index (χ4n) is 2.14. The van der Waals surface area contributed by atoms with Crippen LogP contribution in [0.15, 0.2) is 48.5 Å². The second kappa shape index (κ2) is 8.66. The Kier molecular flexibility index (Phi) is 6.32. The number of carbonyl (C=O) groups excluding carboxylic acids is 3. The molecule has 0 atom stereocenters. The maximum absolute atomic E-state index is 12.1. The van der Waals surface area contributed by atoms with Gasteiger partial charge < -0.3 is 20.7 Å². The van der Waals surface area contributed by atoms with E-state index in [0.717, 1.165) is 5.56 Å². The van der Waals surface area contributed by atoms with Crippen LogP contribution in [0.5, 0.6) is 5.75 Å². The van der Waals surface area contributed by atoms with Gasteiger partial charge in [-0.25, -0.2) is 0 Å². The van der Waals surface area contributed by atoms with Crippen molar-refractivity contribution in [3.63, 3.8) is 0 Å². The number of nitrogens with two attached hydrogens (primary N) is 1. The minimum atomic E-state index is -0.577. The van der Waals surface area contributed by atoms with E-state index in [0.29, 0.717) is 17.0 Å². The monoisotopic (exact) mass is 355 g/mol. The topological polar surface area (TPSA) is 102 Å². The summed E-state index contributed by atoms with van der Waals surface area (Å²) in [7, 11) is 1.51. The van der Waals surface area contributed by atoms with Crippen molar-refractivity contribution in [3.8, 4) is 5.75 Å². The molecule has 0 aliphatic carbocycles. The Labute approximate surface area is 151 Å². The Hall–Kier alpha value is -3.35. The first kappa shape index (κ1) is 19.0. The van der Waals surface area contributed by atoms with Gasteiger partial charge in [0.15, 0.2) is 6.61 Å². The molecule has 7 nitrogen and oxygen atoms in total. The quantitative estimate of drug-likeness (QED) is 0.787. The standard InChI is InChI=1S/C19H21N3O4/c1-13-6-8-15(9-7-13)21-17(23)11-22(2)18(24)12-26-16-5-3-4-14(10-16)19(20)25/h3-10H,11-12H2,1-2H3,(H2,20,25)(H,21,23). The minimum Gasteiger partial charge on any atom is -0.484 e. The van der Waals surface area contributed by atoms with Crippen molar-refractivity contribution in [2.75, 3.05) is 25.5 Å². The number of hydrogen-bond acceptors (Lipinski definition) is 4. The van der Waals surface area contributed by atoms with Crippen LogP contribution in [0.3, 0.4) is 0 Å². The zero-order chi connectivity index (χ0) is 19.1. The lowest BCUT2D eigenvalue weighted by Crippen LogP contribution is -2.37. The number of nitrogens with zero attached hydrogens (tertiary/aromatic N) is 1. The van der Waals surface area contributed by atoms with Gasteiger partial charge in [0, 0.05) is 18.3 Å². The number of aryl methyl sites for hydroxylation is 1. The molecule has 0 aliphatic rings. The average molecular weight is 355 g/mol. The van der Waals surface area contributed by atoms with Crippen LogP contribution in [-0.4, -0.2) is 42.8 Å². The van der Waals surface area contributed by atoms with Gasteiger partial charge in [-0.05, 0) is 37.3 Å². The fraction of sp³-hybridized carbons (Fsp3) is 0.211. The first-order valence-electron chi connectivity index (χ1n) is 7.98. The number of benzene rings is 2. The third-order valence-electron chi connectivity index (χ3n) is 3.62. The molecule has 0 saturated heterocycles. The molecule has 7 heteroatoms. The zero-order valence-electron chi connectivity index (χ0n) is 14.7. The van der Waals surface area contributed by atoms with Crippen molar-refractivity contribution >= 4 is 23.4 Å². The van der Waals surface area contributed by atoms with Crippen LogP contribution < -0.4 is 15.8 Å². The molecule has 0 aromatic heterocycles. The molecular weight excluding hydrogens is 334 g/mol. The third-order valence-corrected chi connectivity index (χ3v) is 3.62. The van der Waals surface area contributed by atoms with Gasteiger partial charge in [0.2, 0.25) is 11.8 Å². The highest BCUT2D eigenvalue weighted by molar-refractivity contribution is 5.95. The minimum absolute atomic E-state index is 0.0998. The molecule has 3 N–H and O–H groups in total. The van der Waals surface area contributed by atoms with E-state index in [4.69, 9.17) is 10.5 Å². The summed E-state index contributed by atoms with van der Waals surface area (Å²) in [5.41, 5.74) is 7.25. The second-order valence-corrected chi connectivity index (χ2v) is 5.84. The molecular formula is C19H21N3O4. The van der Waals surface area contributed by atoms with Crippen molar-refractivity contribution in [2.45, 2.75) is 6.92 Å². The highest BCUT2D eigenvalue weighted by atomic mass is 16.5. The highest BCUT2D eigenvalue weighted by Crippen LogP contribution is 2.13. The number of amides is 3. The van der Waals surface area contributed by atoms with Gasteiger partial charge >= 0.3 is 0 Å². The summed E-state index contributed by atoms with van der Waals surface area (Å²) in [6, 6.07) is 13.6. The maximum Gasteiger partial charge on any atom is 0.260 e. The van der Waals surface area contributed by atoms with E-state index in [2.05, 4.69) is 5.32 Å². The predicted octanol–water partition coefficient (Wildman–Crippen LogP) is 1.57. The van der Waals surface area contributed by atoms with E-state index in [9.17, 15) is 14.4 Å². The third kappa shape index (κ3) is 5.62. The molecule has 2 aromatic rings. The molecule has 0 heterocycles. The molecule has 0 bridgehead atoms. The Morgan fingerprint density at radius 1 is 1.12 bits per heavy atom. The van der Waals surface area contributed by atoms with Crippen LogP contribution in [0, 0.1) is 6.92 Å². The van der Waals surface area contributed by atoms with Crippen molar-refractivity contribution < 1.29 is 19.1 Å². The first-order valence-corrected chi connectivity index (χ1v) is 7.98. The van der Waals surface area contributed by atoms with E-state index >= 15 is 0 Å². The van der Waals surface area contributed by atoms with Crippen LogP contribution in [0.4, 0.5) is 5.69 Å². The van der Waals surface area contributed by atoms with Crippen LogP contribution in [-0.2, 0) is 9.59 Å². The Morgan fingerprint density at radius 3 is 2.46 bits per heavy atom. The number of anilines is 1. The van der Waals surface area contributed by atoms with Gasteiger partial charge in [0.05, 0.1) is 6.54 Å². The molecule has 26 heavy (non-hydrogen) atoms. The summed E-state index contributed by atoms with van der Waals surface area (Å²) in [5.74, 6) is -0.896. The number of hydrogen-bond donors (Lipinski definition) is 2. The van der Waals surface area contributed by atoms with E-state index in [1.807, 2.05) is 19.1 Å². The summed E-state index contributed by atoms with van der Waals surface area (Å²) in [4.78, 5) is 36.5. The number of likely N-dealkylation sites (N-methyl/N-ethyl adjacent to an activating group) is 1. The normalized spacial score (nSPS) is 10.1. The SMILES string of the molecule is Cc1ccc(NC(=O)CN(C)C(=O)COc2cccc(C(N)=O)c2)cc1. The Morgan fingerprint density at radius 2 is 1.81 bits per heavy atom. The number of primary amides is 1. The number of ether oxygens (including phenoxy) is 1. The molecule has 136 valence electrons. The van der Waals surface area contributed by atoms with Crippen LogP contribution in [0.25, 0.3) is 0 Å². The molecule has 0 spiro atoms. The van der Waals surface area contributed by atoms with Gasteiger partial charge in [-0.3, -0.25) is 14.4 Å². The number of carbonyl (C=O) groups is 3. The summed E-state index contributed by atoms with van der Waals surface area (Å²) < 4.78 is 5.36. The predicted molar refractivity (Wildman–Crippen MR) is 97.9 cm³/mol. The molecule has 3 amide bonds. The number of nitrogens with one attached hydrogen (secondary N) is 1. The lowest BCUT2D eigenvalue weighted by molar-refractivity contribution is -0.135. The first-order chi connectivity index (χ1) is 12.3. The van der Waals surface area contributed by atoms with Gasteiger partial charge in [-0.1, -0.05) is 23.8 Å². The number of rotatable bonds is 7. The van der Waals surface area contributed by atoms with Crippen molar-refractivity contribution in [1.82, 2.24) is 4.90 Å². The molecule has 0 saturated carbocycles. The van der Waals surface area contributed by atoms with Gasteiger partial charge in [0.1, 0.15) is 5.75 Å². The van der Waals surface area contributed by atoms with Gasteiger partial charge in [-0.2, -0.15) is 0 Å². The van der Waals surface area contributed by atoms with Crippen molar-refractivity contribution in [1.29, 1.82) is 0 Å². The summed E-state index contributed by atoms with van der Waals surface area (Å²) >= 11 is 0. The van der Waals surface area contributed by atoms with E-state index in [-0.39, 0.29) is 25.0 Å². The van der Waals surface area contributed by atoms with E-state index in [1.165, 1.54) is 18.0 Å². The van der Waals surface area contributed by atoms with Crippen LogP contribution >= 0.6 is 0 Å². The van der Waals surface area contributed by atoms with E-state index in [1.54, 1.807) is 30.3 Å². The van der Waals surface area contributed by atoms with E-state index < -0.39 is 5.91 Å². The fourth-order valence-corrected chi connectivity index (χ4v) is 2.14. The molecule has 2 rings (SSSR count). The van der Waals surface area contributed by atoms with Crippen LogP contribution in [0.2, 0.25) is 0 Å². The molecule has 0 fully saturated rings. The highest BCUT2D eigenvalue weighted by Gasteiger charge is 2.14. The largest absolute Gasteiger partial charge is 0.484 e. The van der Waals surface area contributed by atoms with Crippen LogP contribution in [0.1, 0.15) is 15.9 Å². The lowest BCUT2D eigenvalue weighted by atomic mass is 10.2. The van der Waals surface area contributed by atoms with Crippen molar-refractivity contribution in [2.24, 2.45) is 5.73 Å². The molecule has 2 aromatic carbocycles. The average Bonchev–Trinajstić information content (AvgIpc) is 2.61. The van der Waals surface area contributed by atoms with Gasteiger partial charge in [0.25, 0.3) is 5.91 Å². The summed E-state index contributed by atoms with van der Waals surface area (Å²) in [5, 5.41) is 2.72.